The van der Waals surface area contributed by atoms with Gasteiger partial charge in [0.25, 0.3) is 0 Å². The first-order valence-electron chi connectivity index (χ1n) is 6.53. The van der Waals surface area contributed by atoms with E-state index in [2.05, 4.69) is 0 Å². The number of fused-ring (bicyclic) bond motifs is 1. The van der Waals surface area contributed by atoms with E-state index in [4.69, 9.17) is 14.9 Å². The van der Waals surface area contributed by atoms with Crippen LogP contribution in [0, 0.1) is 0 Å². The van der Waals surface area contributed by atoms with Gasteiger partial charge in [-0.15, -0.1) is 0 Å². The van der Waals surface area contributed by atoms with E-state index in [9.17, 15) is 19.8 Å². The SMILES string of the molecule is NC(=O)Oc1c(-c2ccccc2)oc2cc(O)cc(O)c2c1=O. The fourth-order valence-corrected chi connectivity index (χ4v) is 2.24. The third-order valence-corrected chi connectivity index (χ3v) is 3.16. The Bertz CT molecular complexity index is 962. The van der Waals surface area contributed by atoms with Crippen LogP contribution in [-0.4, -0.2) is 16.3 Å². The topological polar surface area (TPSA) is 123 Å². The van der Waals surface area contributed by atoms with Crippen LogP contribution >= 0.6 is 0 Å². The number of primary amides is 1. The van der Waals surface area contributed by atoms with Crippen LogP contribution in [-0.2, 0) is 0 Å². The molecule has 1 heterocycles. The number of phenols is 2. The molecule has 0 bridgehead atoms. The number of hydrogen-bond donors (Lipinski definition) is 3. The minimum Gasteiger partial charge on any atom is -0.508 e. The average molecular weight is 313 g/mol. The summed E-state index contributed by atoms with van der Waals surface area (Å²) >= 11 is 0. The van der Waals surface area contributed by atoms with Crippen molar-refractivity contribution in [1.82, 2.24) is 0 Å². The number of carbonyl (C=O) groups excluding carboxylic acids is 1. The van der Waals surface area contributed by atoms with Crippen LogP contribution in [0.1, 0.15) is 0 Å². The molecule has 0 aliphatic carbocycles. The summed E-state index contributed by atoms with van der Waals surface area (Å²) < 4.78 is 10.4. The minimum atomic E-state index is -1.19. The maximum atomic E-state index is 12.6. The number of hydrogen-bond acceptors (Lipinski definition) is 6. The van der Waals surface area contributed by atoms with Gasteiger partial charge in [0.15, 0.2) is 5.76 Å². The number of carbonyl (C=O) groups is 1. The zero-order valence-corrected chi connectivity index (χ0v) is 11.6. The van der Waals surface area contributed by atoms with Gasteiger partial charge in [-0.25, -0.2) is 4.79 Å². The molecule has 3 aromatic rings. The van der Waals surface area contributed by atoms with Crippen molar-refractivity contribution in [3.63, 3.8) is 0 Å². The van der Waals surface area contributed by atoms with Gasteiger partial charge < -0.3 is 25.1 Å². The summed E-state index contributed by atoms with van der Waals surface area (Å²) in [6, 6.07) is 10.6. The van der Waals surface area contributed by atoms with Crippen LogP contribution in [0.25, 0.3) is 22.3 Å². The Balaban J connectivity index is 2.42. The second-order valence-corrected chi connectivity index (χ2v) is 4.71. The van der Waals surface area contributed by atoms with Gasteiger partial charge in [-0.05, 0) is 0 Å². The molecule has 0 atom stereocenters. The summed E-state index contributed by atoms with van der Waals surface area (Å²) in [5, 5.41) is 19.2. The Kier molecular flexibility index (Phi) is 3.38. The molecule has 0 aliphatic rings. The molecule has 0 radical (unpaired) electrons. The van der Waals surface area contributed by atoms with Gasteiger partial charge in [0.2, 0.25) is 11.2 Å². The van der Waals surface area contributed by atoms with Gasteiger partial charge in [0, 0.05) is 17.7 Å². The zero-order valence-electron chi connectivity index (χ0n) is 11.6. The van der Waals surface area contributed by atoms with Gasteiger partial charge in [-0.1, -0.05) is 30.3 Å². The number of benzene rings is 2. The summed E-state index contributed by atoms with van der Waals surface area (Å²) in [6.07, 6.45) is -1.19. The van der Waals surface area contributed by atoms with Crippen molar-refractivity contribution >= 4 is 17.1 Å². The average Bonchev–Trinajstić information content (AvgIpc) is 2.49. The van der Waals surface area contributed by atoms with Gasteiger partial charge in [-0.2, -0.15) is 0 Å². The predicted molar refractivity (Wildman–Crippen MR) is 81.5 cm³/mol. The Morgan fingerprint density at radius 1 is 1.13 bits per heavy atom. The van der Waals surface area contributed by atoms with E-state index >= 15 is 0 Å². The van der Waals surface area contributed by atoms with E-state index in [1.807, 2.05) is 0 Å². The number of rotatable bonds is 2. The summed E-state index contributed by atoms with van der Waals surface area (Å²) in [5.41, 5.74) is 4.64. The summed E-state index contributed by atoms with van der Waals surface area (Å²) in [6.45, 7) is 0. The maximum absolute atomic E-state index is 12.6. The number of amides is 1. The van der Waals surface area contributed by atoms with E-state index in [-0.39, 0.29) is 22.5 Å². The second kappa shape index (κ2) is 5.38. The molecule has 0 unspecified atom stereocenters. The Labute approximate surface area is 129 Å². The molecule has 0 spiro atoms. The molecule has 0 aliphatic heterocycles. The lowest BCUT2D eigenvalue weighted by atomic mass is 10.1. The first kappa shape index (κ1) is 14.5. The van der Waals surface area contributed by atoms with E-state index < -0.39 is 23.0 Å². The molecule has 116 valence electrons. The van der Waals surface area contributed by atoms with E-state index in [1.54, 1.807) is 30.3 Å². The van der Waals surface area contributed by atoms with Crippen LogP contribution < -0.4 is 15.9 Å². The van der Waals surface area contributed by atoms with Crippen molar-refractivity contribution in [3.8, 4) is 28.6 Å². The number of nitrogens with two attached hydrogens (primary N) is 1. The van der Waals surface area contributed by atoms with Crippen LogP contribution in [0.4, 0.5) is 4.79 Å². The highest BCUT2D eigenvalue weighted by Gasteiger charge is 2.21. The quantitative estimate of drug-likeness (QED) is 0.667. The van der Waals surface area contributed by atoms with Crippen LogP contribution in [0.5, 0.6) is 17.2 Å². The van der Waals surface area contributed by atoms with Crippen molar-refractivity contribution in [2.75, 3.05) is 0 Å². The van der Waals surface area contributed by atoms with Gasteiger partial charge in [-0.3, -0.25) is 4.79 Å². The highest BCUT2D eigenvalue weighted by molar-refractivity contribution is 5.89. The van der Waals surface area contributed by atoms with Crippen molar-refractivity contribution in [2.45, 2.75) is 0 Å². The molecule has 3 rings (SSSR count). The molecular formula is C16H11NO6. The molecule has 0 saturated carbocycles. The molecule has 2 aromatic carbocycles. The molecule has 4 N–H and O–H groups in total. The van der Waals surface area contributed by atoms with Crippen molar-refractivity contribution in [2.24, 2.45) is 5.73 Å². The van der Waals surface area contributed by atoms with Crippen LogP contribution in [0.15, 0.2) is 51.7 Å². The number of ether oxygens (including phenoxy) is 1. The Morgan fingerprint density at radius 3 is 2.48 bits per heavy atom. The Morgan fingerprint density at radius 2 is 1.83 bits per heavy atom. The van der Waals surface area contributed by atoms with Gasteiger partial charge in [0.05, 0.1) is 0 Å². The fourth-order valence-electron chi connectivity index (χ4n) is 2.24. The zero-order chi connectivity index (χ0) is 16.6. The molecule has 1 aromatic heterocycles. The molecule has 1 amide bonds. The summed E-state index contributed by atoms with van der Waals surface area (Å²) in [4.78, 5) is 23.7. The third-order valence-electron chi connectivity index (χ3n) is 3.16. The summed E-state index contributed by atoms with van der Waals surface area (Å²) in [5.74, 6) is -1.24. The first-order chi connectivity index (χ1) is 11.0. The summed E-state index contributed by atoms with van der Waals surface area (Å²) in [7, 11) is 0. The normalized spacial score (nSPS) is 10.6. The van der Waals surface area contributed by atoms with Crippen molar-refractivity contribution in [3.05, 3.63) is 52.7 Å². The smallest absolute Gasteiger partial charge is 0.410 e. The maximum Gasteiger partial charge on any atom is 0.410 e. The largest absolute Gasteiger partial charge is 0.508 e. The lowest BCUT2D eigenvalue weighted by molar-refractivity contribution is 0.209. The fraction of sp³-hybridized carbons (Fsp3) is 0. The molecule has 0 saturated heterocycles. The Hall–Kier alpha value is -3.48. The lowest BCUT2D eigenvalue weighted by Gasteiger charge is -2.10. The molecule has 7 nitrogen and oxygen atoms in total. The van der Waals surface area contributed by atoms with Gasteiger partial charge >= 0.3 is 6.09 Å². The predicted octanol–water partition coefficient (Wildman–Crippen LogP) is 2.33. The van der Waals surface area contributed by atoms with E-state index in [1.165, 1.54) is 6.07 Å². The third kappa shape index (κ3) is 2.55. The second-order valence-electron chi connectivity index (χ2n) is 4.71. The van der Waals surface area contributed by atoms with Crippen LogP contribution in [0.3, 0.4) is 0 Å². The molecule has 7 heteroatoms. The molecule has 23 heavy (non-hydrogen) atoms. The highest BCUT2D eigenvalue weighted by atomic mass is 16.6. The van der Waals surface area contributed by atoms with Crippen LogP contribution in [0.2, 0.25) is 0 Å². The minimum absolute atomic E-state index is 0.0353. The number of phenolic OH excluding ortho intramolecular Hbond substituents is 2. The standard InChI is InChI=1S/C16H11NO6/c17-16(21)23-15-13(20)12-10(19)6-9(18)7-11(12)22-14(15)8-4-2-1-3-5-8/h1-7,18-19H,(H2,17,21). The molecule has 0 fully saturated rings. The monoisotopic (exact) mass is 313 g/mol. The first-order valence-corrected chi connectivity index (χ1v) is 6.53. The highest BCUT2D eigenvalue weighted by Crippen LogP contribution is 2.35. The van der Waals surface area contributed by atoms with Crippen molar-refractivity contribution < 1.29 is 24.2 Å². The van der Waals surface area contributed by atoms with E-state index in [0.29, 0.717) is 5.56 Å². The van der Waals surface area contributed by atoms with Gasteiger partial charge in [0.1, 0.15) is 22.5 Å². The molecular weight excluding hydrogens is 302 g/mol. The van der Waals surface area contributed by atoms with E-state index in [0.717, 1.165) is 6.07 Å². The lowest BCUT2D eigenvalue weighted by Crippen LogP contribution is -2.21. The van der Waals surface area contributed by atoms with Crippen molar-refractivity contribution in [1.29, 1.82) is 0 Å². The number of aromatic hydroxyl groups is 2.